The van der Waals surface area contributed by atoms with Gasteiger partial charge in [-0.25, -0.2) is 0 Å². The quantitative estimate of drug-likeness (QED) is 0.542. The van der Waals surface area contributed by atoms with Crippen molar-refractivity contribution >= 4 is 29.2 Å². The van der Waals surface area contributed by atoms with Crippen LogP contribution < -0.4 is 10.6 Å². The Hall–Kier alpha value is -2.87. The van der Waals surface area contributed by atoms with Gasteiger partial charge in [-0.3, -0.25) is 14.0 Å². The van der Waals surface area contributed by atoms with Gasteiger partial charge in [0.05, 0.1) is 6.04 Å². The highest BCUT2D eigenvalue weighted by Crippen LogP contribution is 2.22. The summed E-state index contributed by atoms with van der Waals surface area (Å²) in [5.74, 6) is 0.998. The minimum Gasteiger partial charge on any atom is -0.344 e. The molecule has 2 N–H and O–H groups in total. The summed E-state index contributed by atoms with van der Waals surface area (Å²) in [6, 6.07) is 12.2. The third kappa shape index (κ3) is 5.68. The van der Waals surface area contributed by atoms with Gasteiger partial charge < -0.3 is 10.6 Å². The second-order valence-corrected chi connectivity index (χ2v) is 9.84. The van der Waals surface area contributed by atoms with Crippen molar-refractivity contribution in [2.75, 3.05) is 12.0 Å². The zero-order valence-corrected chi connectivity index (χ0v) is 20.1. The van der Waals surface area contributed by atoms with Crippen molar-refractivity contribution in [1.29, 1.82) is 0 Å². The van der Waals surface area contributed by atoms with Gasteiger partial charge in [0.2, 0.25) is 5.91 Å². The van der Waals surface area contributed by atoms with Gasteiger partial charge in [-0.1, -0.05) is 39.0 Å². The molecule has 2 aromatic heterocycles. The molecule has 0 radical (unpaired) electrons. The maximum Gasteiger partial charge on any atom is 0.251 e. The van der Waals surface area contributed by atoms with E-state index in [1.165, 1.54) is 0 Å². The first-order valence-corrected chi connectivity index (χ1v) is 12.1. The molecule has 2 unspecified atom stereocenters. The van der Waals surface area contributed by atoms with Crippen LogP contribution in [0.4, 0.5) is 0 Å². The normalized spacial score (nSPS) is 13.5. The predicted molar refractivity (Wildman–Crippen MR) is 129 cm³/mol. The lowest BCUT2D eigenvalue weighted by Crippen LogP contribution is -2.46. The van der Waals surface area contributed by atoms with E-state index >= 15 is 0 Å². The maximum absolute atomic E-state index is 12.9. The third-order valence-corrected chi connectivity index (χ3v) is 5.98. The molecular weight excluding hydrogens is 422 g/mol. The van der Waals surface area contributed by atoms with E-state index in [-0.39, 0.29) is 23.3 Å². The van der Waals surface area contributed by atoms with E-state index < -0.39 is 6.04 Å². The van der Waals surface area contributed by atoms with Gasteiger partial charge in [0.25, 0.3) is 5.91 Å². The minimum absolute atomic E-state index is 0.0137. The number of pyridine rings is 1. The lowest BCUT2D eigenvalue weighted by molar-refractivity contribution is -0.123. The molecule has 2 heterocycles. The average molecular weight is 454 g/mol. The van der Waals surface area contributed by atoms with Crippen molar-refractivity contribution in [3.8, 4) is 0 Å². The third-order valence-electron chi connectivity index (χ3n) is 5.33. The molecule has 0 saturated carbocycles. The first-order chi connectivity index (χ1) is 15.2. The number of hydrogen-bond acceptors (Lipinski definition) is 5. The molecule has 0 bridgehead atoms. The van der Waals surface area contributed by atoms with Gasteiger partial charge in [-0.15, -0.1) is 10.2 Å². The van der Waals surface area contributed by atoms with Crippen LogP contribution in [0.5, 0.6) is 0 Å². The number of rotatable bonds is 8. The number of carbonyl (C=O) groups is 2. The molecule has 3 rings (SSSR count). The Kier molecular flexibility index (Phi) is 7.56. The van der Waals surface area contributed by atoms with Crippen LogP contribution in [0.25, 0.3) is 5.65 Å². The van der Waals surface area contributed by atoms with Crippen LogP contribution in [-0.2, 0) is 10.2 Å². The Labute approximate surface area is 193 Å². The first kappa shape index (κ1) is 23.8. The highest BCUT2D eigenvalue weighted by molar-refractivity contribution is 7.98. The van der Waals surface area contributed by atoms with Gasteiger partial charge in [-0.05, 0) is 60.6 Å². The van der Waals surface area contributed by atoms with Crippen LogP contribution in [0.3, 0.4) is 0 Å². The summed E-state index contributed by atoms with van der Waals surface area (Å²) in [5, 5.41) is 14.3. The lowest BCUT2D eigenvalue weighted by atomic mass is 9.86. The van der Waals surface area contributed by atoms with Gasteiger partial charge >= 0.3 is 0 Å². The number of carbonyl (C=O) groups excluding carboxylic acids is 2. The summed E-state index contributed by atoms with van der Waals surface area (Å²) in [4.78, 5) is 25.6. The zero-order chi connectivity index (χ0) is 23.3. The van der Waals surface area contributed by atoms with E-state index in [2.05, 4.69) is 41.6 Å². The molecule has 1 aromatic carbocycles. The van der Waals surface area contributed by atoms with Crippen LogP contribution in [0.15, 0.2) is 48.7 Å². The highest BCUT2D eigenvalue weighted by atomic mass is 32.2. The minimum atomic E-state index is -0.694. The molecule has 2 amide bonds. The number of aromatic nitrogens is 3. The Morgan fingerprint density at radius 1 is 1.06 bits per heavy atom. The van der Waals surface area contributed by atoms with E-state index in [0.29, 0.717) is 17.8 Å². The van der Waals surface area contributed by atoms with Crippen LogP contribution in [0.1, 0.15) is 61.9 Å². The largest absolute Gasteiger partial charge is 0.344 e. The molecule has 2 atom stereocenters. The van der Waals surface area contributed by atoms with Gasteiger partial charge in [0.15, 0.2) is 11.5 Å². The Bertz CT molecular complexity index is 1070. The molecule has 7 nitrogen and oxygen atoms in total. The van der Waals surface area contributed by atoms with E-state index in [4.69, 9.17) is 0 Å². The molecule has 0 aliphatic heterocycles. The number of nitrogens with one attached hydrogen (secondary N) is 2. The summed E-state index contributed by atoms with van der Waals surface area (Å²) in [7, 11) is 0. The number of nitrogens with zero attached hydrogens (tertiary/aromatic N) is 3. The summed E-state index contributed by atoms with van der Waals surface area (Å²) >= 11 is 1.70. The maximum atomic E-state index is 12.9. The van der Waals surface area contributed by atoms with Crippen LogP contribution in [-0.4, -0.2) is 44.5 Å². The topological polar surface area (TPSA) is 88.4 Å². The van der Waals surface area contributed by atoms with Crippen LogP contribution in [0.2, 0.25) is 0 Å². The molecule has 0 fully saturated rings. The van der Waals surface area contributed by atoms with Crippen molar-refractivity contribution in [1.82, 2.24) is 25.2 Å². The Morgan fingerprint density at radius 2 is 1.78 bits per heavy atom. The molecule has 0 aliphatic rings. The van der Waals surface area contributed by atoms with E-state index in [9.17, 15) is 9.59 Å². The fraction of sp³-hybridized carbons (Fsp3) is 0.417. The van der Waals surface area contributed by atoms with E-state index in [1.54, 1.807) is 30.8 Å². The molecule has 0 aliphatic carbocycles. The highest BCUT2D eigenvalue weighted by Gasteiger charge is 2.24. The Morgan fingerprint density at radius 3 is 2.44 bits per heavy atom. The van der Waals surface area contributed by atoms with Gasteiger partial charge in [0, 0.05) is 11.8 Å². The number of benzene rings is 1. The molecular formula is C24H31N5O2S. The van der Waals surface area contributed by atoms with Crippen molar-refractivity contribution in [2.45, 2.75) is 51.6 Å². The average Bonchev–Trinajstić information content (AvgIpc) is 3.20. The molecule has 32 heavy (non-hydrogen) atoms. The fourth-order valence-corrected chi connectivity index (χ4v) is 3.83. The first-order valence-electron chi connectivity index (χ1n) is 10.7. The number of amides is 2. The number of fused-ring (bicyclic) bond motifs is 1. The summed E-state index contributed by atoms with van der Waals surface area (Å²) in [6.07, 6.45) is 4.61. The summed E-state index contributed by atoms with van der Waals surface area (Å²) in [6.45, 7) is 8.06. The smallest absolute Gasteiger partial charge is 0.251 e. The molecule has 0 spiro atoms. The molecule has 0 saturated heterocycles. The van der Waals surface area contributed by atoms with Gasteiger partial charge in [0.1, 0.15) is 6.04 Å². The monoisotopic (exact) mass is 453 g/mol. The predicted octanol–water partition coefficient (Wildman–Crippen LogP) is 3.76. The summed E-state index contributed by atoms with van der Waals surface area (Å²) in [5.41, 5.74) is 2.42. The van der Waals surface area contributed by atoms with Crippen molar-refractivity contribution in [3.05, 3.63) is 65.6 Å². The van der Waals surface area contributed by atoms with Crippen molar-refractivity contribution in [3.63, 3.8) is 0 Å². The SMILES string of the molecule is CSCCC(NC(=O)C(C)NC(=O)c1ccc(C(C)(C)C)cc1)c1nnc2ccccn12. The molecule has 8 heteroatoms. The number of thioether (sulfide) groups is 1. The second kappa shape index (κ2) is 10.2. The zero-order valence-electron chi connectivity index (χ0n) is 19.3. The lowest BCUT2D eigenvalue weighted by Gasteiger charge is -2.21. The molecule has 3 aromatic rings. The fourth-order valence-electron chi connectivity index (χ4n) is 3.36. The second-order valence-electron chi connectivity index (χ2n) is 8.85. The van der Waals surface area contributed by atoms with Crippen LogP contribution >= 0.6 is 11.8 Å². The van der Waals surface area contributed by atoms with Crippen LogP contribution in [0, 0.1) is 0 Å². The molecule has 170 valence electrons. The number of hydrogen-bond donors (Lipinski definition) is 2. The van der Waals surface area contributed by atoms with E-state index in [0.717, 1.165) is 17.0 Å². The van der Waals surface area contributed by atoms with Crippen molar-refractivity contribution in [2.24, 2.45) is 0 Å². The summed E-state index contributed by atoms with van der Waals surface area (Å²) < 4.78 is 1.88. The standard InChI is InChI=1S/C24H31N5O2S/c1-16(25-23(31)17-9-11-18(12-10-17)24(2,3)4)22(30)26-19(13-15-32-5)21-28-27-20-8-6-7-14-29(20)21/h6-12,14,16,19H,13,15H2,1-5H3,(H,25,31)(H,26,30). The van der Waals surface area contributed by atoms with Gasteiger partial charge in [-0.2, -0.15) is 11.8 Å². The Balaban J connectivity index is 1.68. The van der Waals surface area contributed by atoms with Crippen molar-refractivity contribution < 1.29 is 9.59 Å². The van der Waals surface area contributed by atoms with E-state index in [1.807, 2.05) is 47.2 Å².